The second kappa shape index (κ2) is 5.30. The number of carbonyl (C=O) groups is 1. The third-order valence-corrected chi connectivity index (χ3v) is 5.84. The summed E-state index contributed by atoms with van der Waals surface area (Å²) in [6.45, 7) is 6.56. The maximum absolute atomic E-state index is 11.9. The molecule has 0 radical (unpaired) electrons. The van der Waals surface area contributed by atoms with E-state index in [2.05, 4.69) is 13.8 Å². The first-order valence-corrected chi connectivity index (χ1v) is 7.28. The van der Waals surface area contributed by atoms with Gasteiger partial charge in [0.15, 0.2) is 4.08 Å². The van der Waals surface area contributed by atoms with Gasteiger partial charge in [0.1, 0.15) is 0 Å². The number of rotatable bonds is 3. The van der Waals surface area contributed by atoms with Crippen LogP contribution in [0.4, 0.5) is 0 Å². The van der Waals surface area contributed by atoms with E-state index in [-0.39, 0.29) is 5.97 Å². The molecule has 0 aliphatic carbocycles. The molecule has 0 fully saturated rings. The molecular weight excluding hydrogens is 228 g/mol. The van der Waals surface area contributed by atoms with Crippen molar-refractivity contribution in [1.82, 2.24) is 0 Å². The van der Waals surface area contributed by atoms with Crippen LogP contribution < -0.4 is 0 Å². The van der Waals surface area contributed by atoms with Gasteiger partial charge in [0.2, 0.25) is 0 Å². The number of ether oxygens (including phenoxy) is 1. The Bertz CT molecular complexity index is 286. The number of hydrogen-bond donors (Lipinski definition) is 0. The number of carbonyl (C=O) groups excluding carboxylic acids is 1. The molecule has 0 saturated heterocycles. The van der Waals surface area contributed by atoms with Crippen LogP contribution in [0.3, 0.4) is 0 Å². The highest BCUT2D eigenvalue weighted by Gasteiger charge is 2.42. The highest BCUT2D eigenvalue weighted by molar-refractivity contribution is 8.19. The molecule has 0 saturated carbocycles. The van der Waals surface area contributed by atoms with Crippen molar-refractivity contribution >= 4 is 29.5 Å². The van der Waals surface area contributed by atoms with Crippen LogP contribution in [0.1, 0.15) is 27.2 Å². The van der Waals surface area contributed by atoms with E-state index in [0.717, 1.165) is 12.2 Å². The smallest absolute Gasteiger partial charge is 0.332 e. The fourth-order valence-electron chi connectivity index (χ4n) is 1.49. The molecule has 0 amide bonds. The molecule has 1 heterocycles. The normalized spacial score (nSPS) is 26.7. The van der Waals surface area contributed by atoms with Crippen LogP contribution in [-0.4, -0.2) is 28.7 Å². The lowest BCUT2D eigenvalue weighted by Gasteiger charge is -2.33. The molecule has 0 N–H and O–H groups in total. The van der Waals surface area contributed by atoms with Gasteiger partial charge in [0.25, 0.3) is 0 Å². The lowest BCUT2D eigenvalue weighted by Crippen LogP contribution is -2.36. The molecule has 0 bridgehead atoms. The number of hydrogen-bond acceptors (Lipinski definition) is 4. The van der Waals surface area contributed by atoms with E-state index >= 15 is 0 Å². The van der Waals surface area contributed by atoms with Crippen molar-refractivity contribution in [2.45, 2.75) is 31.3 Å². The summed E-state index contributed by atoms with van der Waals surface area (Å²) < 4.78 is 4.75. The van der Waals surface area contributed by atoms with Gasteiger partial charge in [-0.15, -0.1) is 23.5 Å². The average Bonchev–Trinajstić information content (AvgIpc) is 2.23. The predicted octanol–water partition coefficient (Wildman–Crippen LogP) is 3.08. The van der Waals surface area contributed by atoms with E-state index in [1.165, 1.54) is 11.1 Å². The van der Waals surface area contributed by atoms with Crippen molar-refractivity contribution in [2.75, 3.05) is 18.6 Å². The van der Waals surface area contributed by atoms with Crippen LogP contribution in [-0.2, 0) is 9.53 Å². The summed E-state index contributed by atoms with van der Waals surface area (Å²) in [5.41, 5.74) is 2.73. The highest BCUT2D eigenvalue weighted by atomic mass is 32.2. The lowest BCUT2D eigenvalue weighted by molar-refractivity contribution is -0.143. The van der Waals surface area contributed by atoms with Crippen LogP contribution >= 0.6 is 23.5 Å². The molecule has 2 nitrogen and oxygen atoms in total. The topological polar surface area (TPSA) is 26.3 Å². The molecule has 15 heavy (non-hydrogen) atoms. The molecule has 0 aromatic rings. The van der Waals surface area contributed by atoms with E-state index < -0.39 is 4.08 Å². The summed E-state index contributed by atoms with van der Waals surface area (Å²) in [5.74, 6) is 0.861. The molecule has 86 valence electrons. The van der Waals surface area contributed by atoms with Gasteiger partial charge in [-0.2, -0.15) is 0 Å². The second-order valence-corrected chi connectivity index (χ2v) is 6.34. The highest BCUT2D eigenvalue weighted by Crippen LogP contribution is 2.46. The van der Waals surface area contributed by atoms with Crippen molar-refractivity contribution in [3.05, 3.63) is 11.1 Å². The first-order chi connectivity index (χ1) is 7.05. The number of allylic oxidation sites excluding steroid dienone is 1. The van der Waals surface area contributed by atoms with Crippen LogP contribution in [0.2, 0.25) is 0 Å². The van der Waals surface area contributed by atoms with E-state index in [0.29, 0.717) is 6.61 Å². The van der Waals surface area contributed by atoms with Gasteiger partial charge in [0, 0.05) is 12.2 Å². The van der Waals surface area contributed by atoms with Gasteiger partial charge in [-0.1, -0.05) is 11.1 Å². The van der Waals surface area contributed by atoms with Gasteiger partial charge in [-0.25, -0.2) is 4.79 Å². The quantitative estimate of drug-likeness (QED) is 0.565. The molecule has 0 aromatic carbocycles. The molecule has 0 spiro atoms. The third-order valence-electron chi connectivity index (χ3n) is 2.66. The zero-order chi connectivity index (χ0) is 11.5. The van der Waals surface area contributed by atoms with E-state index in [9.17, 15) is 4.79 Å². The monoisotopic (exact) mass is 246 g/mol. The van der Waals surface area contributed by atoms with Gasteiger partial charge in [0.05, 0.1) is 6.61 Å². The van der Waals surface area contributed by atoms with Crippen molar-refractivity contribution in [3.8, 4) is 0 Å². The van der Waals surface area contributed by atoms with Crippen molar-refractivity contribution in [3.63, 3.8) is 0 Å². The minimum Gasteiger partial charge on any atom is -0.464 e. The Kier molecular flexibility index (Phi) is 4.59. The molecular formula is C11H18O2S2. The summed E-state index contributed by atoms with van der Waals surface area (Å²) in [4.78, 5) is 11.9. The molecule has 1 aliphatic heterocycles. The van der Waals surface area contributed by atoms with Gasteiger partial charge < -0.3 is 4.74 Å². The molecule has 0 aromatic heterocycles. The summed E-state index contributed by atoms with van der Waals surface area (Å²) in [7, 11) is 0. The third kappa shape index (κ3) is 2.72. The predicted molar refractivity (Wildman–Crippen MR) is 68.3 cm³/mol. The molecule has 1 unspecified atom stereocenters. The SMILES string of the molecule is CCOC(=O)C1(SC)CC(C)=C(C)CS1. The average molecular weight is 246 g/mol. The number of esters is 1. The fraction of sp³-hybridized carbons (Fsp3) is 0.727. The summed E-state index contributed by atoms with van der Waals surface area (Å²) in [6, 6.07) is 0. The molecule has 1 atom stereocenters. The Labute approximate surface area is 100 Å². The lowest BCUT2D eigenvalue weighted by atomic mass is 10.1. The Hall–Kier alpha value is -0.0900. The Morgan fingerprint density at radius 3 is 2.67 bits per heavy atom. The van der Waals surface area contributed by atoms with Crippen molar-refractivity contribution in [1.29, 1.82) is 0 Å². The Morgan fingerprint density at radius 2 is 2.20 bits per heavy atom. The maximum atomic E-state index is 11.9. The minimum atomic E-state index is -0.403. The van der Waals surface area contributed by atoms with E-state index in [1.54, 1.807) is 23.5 Å². The van der Waals surface area contributed by atoms with Gasteiger partial charge in [-0.3, -0.25) is 0 Å². The zero-order valence-electron chi connectivity index (χ0n) is 9.75. The zero-order valence-corrected chi connectivity index (χ0v) is 11.4. The molecule has 4 heteroatoms. The van der Waals surface area contributed by atoms with Crippen LogP contribution in [0.25, 0.3) is 0 Å². The second-order valence-electron chi connectivity index (χ2n) is 3.70. The largest absolute Gasteiger partial charge is 0.464 e. The Morgan fingerprint density at radius 1 is 1.53 bits per heavy atom. The fourth-order valence-corrected chi connectivity index (χ4v) is 3.91. The molecule has 1 rings (SSSR count). The standard InChI is InChI=1S/C11H18O2S2/c1-5-13-10(12)11(14-4)6-8(2)9(3)7-15-11/h5-7H2,1-4H3. The van der Waals surface area contributed by atoms with E-state index in [4.69, 9.17) is 4.74 Å². The van der Waals surface area contributed by atoms with Crippen LogP contribution in [0, 0.1) is 0 Å². The van der Waals surface area contributed by atoms with Crippen LogP contribution in [0.5, 0.6) is 0 Å². The summed E-state index contributed by atoms with van der Waals surface area (Å²) in [5, 5.41) is 0. The van der Waals surface area contributed by atoms with Gasteiger partial charge in [-0.05, 0) is 27.0 Å². The van der Waals surface area contributed by atoms with Crippen molar-refractivity contribution < 1.29 is 9.53 Å². The maximum Gasteiger partial charge on any atom is 0.332 e. The first-order valence-electron chi connectivity index (χ1n) is 5.07. The summed E-state index contributed by atoms with van der Waals surface area (Å²) in [6.07, 6.45) is 2.79. The minimum absolute atomic E-state index is 0.0747. The van der Waals surface area contributed by atoms with Gasteiger partial charge >= 0.3 is 5.97 Å². The first kappa shape index (κ1) is 13.0. The summed E-state index contributed by atoms with van der Waals surface area (Å²) >= 11 is 3.30. The van der Waals surface area contributed by atoms with Crippen LogP contribution in [0.15, 0.2) is 11.1 Å². The Balaban J connectivity index is 2.84. The molecule has 1 aliphatic rings. The number of thioether (sulfide) groups is 2. The van der Waals surface area contributed by atoms with Crippen molar-refractivity contribution in [2.24, 2.45) is 0 Å². The van der Waals surface area contributed by atoms with E-state index in [1.807, 2.05) is 13.2 Å².